The number of thiazole rings is 1. The molecule has 4 N–H and O–H groups in total. The van der Waals surface area contributed by atoms with Gasteiger partial charge >= 0.3 is 0 Å². The van der Waals surface area contributed by atoms with E-state index in [1.165, 1.54) is 23.5 Å². The van der Waals surface area contributed by atoms with Crippen LogP contribution in [0.1, 0.15) is 11.7 Å². The zero-order chi connectivity index (χ0) is 17.9. The number of sulfonamides is 1. The number of benzene rings is 2. The lowest BCUT2D eigenvalue weighted by Gasteiger charge is -2.17. The quantitative estimate of drug-likeness (QED) is 0.554. The van der Waals surface area contributed by atoms with E-state index in [-0.39, 0.29) is 15.7 Å². The minimum Gasteiger partial charge on any atom is -0.365 e. The number of hydrogen-bond acceptors (Lipinski definition) is 6. The third kappa shape index (κ3) is 4.29. The summed E-state index contributed by atoms with van der Waals surface area (Å²) < 4.78 is 27.1. The molecular weight excluding hydrogens is 380 g/mol. The first-order valence-electron chi connectivity index (χ1n) is 7.23. The van der Waals surface area contributed by atoms with Crippen LogP contribution in [0.2, 0.25) is 5.02 Å². The summed E-state index contributed by atoms with van der Waals surface area (Å²) in [7, 11) is -3.75. The maximum Gasteiger partial charge on any atom is 0.263 e. The maximum absolute atomic E-state index is 12.4. The Kier molecular flexibility index (Phi) is 5.24. The zero-order valence-corrected chi connectivity index (χ0v) is 15.3. The SMILES string of the molecule is N[C@H](Nc1ccc(S(=O)(=O)Nc2cscn2)cc1Cl)c1ccccc1. The molecule has 1 heterocycles. The van der Waals surface area contributed by atoms with E-state index in [1.807, 2.05) is 30.3 Å². The summed E-state index contributed by atoms with van der Waals surface area (Å²) >= 11 is 7.52. The number of aromatic nitrogens is 1. The first kappa shape index (κ1) is 17.7. The molecule has 0 unspecified atom stereocenters. The predicted octanol–water partition coefficient (Wildman–Crippen LogP) is 3.67. The van der Waals surface area contributed by atoms with E-state index in [0.717, 1.165) is 5.56 Å². The summed E-state index contributed by atoms with van der Waals surface area (Å²) in [6, 6.07) is 13.9. The van der Waals surface area contributed by atoms with Gasteiger partial charge < -0.3 is 11.1 Å². The van der Waals surface area contributed by atoms with E-state index in [1.54, 1.807) is 17.0 Å². The summed E-state index contributed by atoms with van der Waals surface area (Å²) in [5, 5.41) is 4.93. The molecule has 0 saturated carbocycles. The Morgan fingerprint density at radius 1 is 1.16 bits per heavy atom. The van der Waals surface area contributed by atoms with Gasteiger partial charge in [-0.3, -0.25) is 4.72 Å². The number of nitrogens with zero attached hydrogens (tertiary/aromatic N) is 1. The molecule has 0 amide bonds. The Morgan fingerprint density at radius 2 is 1.92 bits per heavy atom. The Morgan fingerprint density at radius 3 is 2.56 bits per heavy atom. The third-order valence-corrected chi connectivity index (χ3v) is 5.64. The molecule has 9 heteroatoms. The number of rotatable bonds is 6. The molecule has 2 aromatic carbocycles. The van der Waals surface area contributed by atoms with Crippen molar-refractivity contribution in [2.45, 2.75) is 11.1 Å². The zero-order valence-electron chi connectivity index (χ0n) is 12.9. The molecular formula is C16H15ClN4O2S2. The van der Waals surface area contributed by atoms with E-state index in [0.29, 0.717) is 5.69 Å². The first-order chi connectivity index (χ1) is 12.0. The van der Waals surface area contributed by atoms with Gasteiger partial charge in [0, 0.05) is 5.38 Å². The molecule has 3 aromatic rings. The lowest BCUT2D eigenvalue weighted by Crippen LogP contribution is -2.20. The highest BCUT2D eigenvalue weighted by Crippen LogP contribution is 2.28. The van der Waals surface area contributed by atoms with E-state index in [9.17, 15) is 8.42 Å². The largest absolute Gasteiger partial charge is 0.365 e. The highest BCUT2D eigenvalue weighted by Gasteiger charge is 2.17. The van der Waals surface area contributed by atoms with Crippen LogP contribution in [0.3, 0.4) is 0 Å². The van der Waals surface area contributed by atoms with Gasteiger partial charge in [0.25, 0.3) is 10.0 Å². The number of nitrogens with one attached hydrogen (secondary N) is 2. The molecule has 0 aliphatic heterocycles. The molecule has 0 spiro atoms. The molecule has 0 aliphatic rings. The van der Waals surface area contributed by atoms with Gasteiger partial charge in [0.05, 0.1) is 21.1 Å². The van der Waals surface area contributed by atoms with Crippen LogP contribution in [-0.2, 0) is 10.0 Å². The lowest BCUT2D eigenvalue weighted by molar-refractivity contribution is 0.601. The number of nitrogens with two attached hydrogens (primary N) is 1. The Labute approximate surface area is 154 Å². The molecule has 25 heavy (non-hydrogen) atoms. The van der Waals surface area contributed by atoms with Crippen LogP contribution in [0.5, 0.6) is 0 Å². The van der Waals surface area contributed by atoms with Gasteiger partial charge in [-0.25, -0.2) is 13.4 Å². The van der Waals surface area contributed by atoms with Gasteiger partial charge in [-0.2, -0.15) is 0 Å². The Bertz CT molecular complexity index is 948. The molecule has 6 nitrogen and oxygen atoms in total. The second kappa shape index (κ2) is 7.40. The van der Waals surface area contributed by atoms with E-state index in [4.69, 9.17) is 17.3 Å². The van der Waals surface area contributed by atoms with Crippen LogP contribution in [0.4, 0.5) is 11.5 Å². The lowest BCUT2D eigenvalue weighted by atomic mass is 10.2. The molecule has 1 aromatic heterocycles. The number of anilines is 2. The molecule has 1 atom stereocenters. The highest BCUT2D eigenvalue weighted by molar-refractivity contribution is 7.92. The fourth-order valence-electron chi connectivity index (χ4n) is 2.15. The summed E-state index contributed by atoms with van der Waals surface area (Å²) in [6.07, 6.45) is -0.464. The van der Waals surface area contributed by atoms with Crippen molar-refractivity contribution in [3.63, 3.8) is 0 Å². The number of hydrogen-bond donors (Lipinski definition) is 3. The Balaban J connectivity index is 1.79. The molecule has 0 bridgehead atoms. The van der Waals surface area contributed by atoms with Crippen LogP contribution >= 0.6 is 22.9 Å². The van der Waals surface area contributed by atoms with Crippen molar-refractivity contribution in [3.8, 4) is 0 Å². The van der Waals surface area contributed by atoms with Gasteiger partial charge in [0.15, 0.2) is 5.82 Å². The predicted molar refractivity (Wildman–Crippen MR) is 101 cm³/mol. The van der Waals surface area contributed by atoms with Crippen LogP contribution < -0.4 is 15.8 Å². The van der Waals surface area contributed by atoms with Crippen molar-refractivity contribution in [2.75, 3.05) is 10.0 Å². The third-order valence-electron chi connectivity index (χ3n) is 3.39. The second-order valence-corrected chi connectivity index (χ2v) is 7.96. The monoisotopic (exact) mass is 394 g/mol. The smallest absolute Gasteiger partial charge is 0.263 e. The average molecular weight is 395 g/mol. The fraction of sp³-hybridized carbons (Fsp3) is 0.0625. The summed E-state index contributed by atoms with van der Waals surface area (Å²) in [4.78, 5) is 3.95. The number of halogens is 1. The first-order valence-corrected chi connectivity index (χ1v) is 10.0. The minimum atomic E-state index is -3.75. The molecule has 0 aliphatic carbocycles. The Hall–Kier alpha value is -2.13. The normalized spacial score (nSPS) is 12.6. The van der Waals surface area contributed by atoms with E-state index < -0.39 is 16.2 Å². The van der Waals surface area contributed by atoms with Crippen LogP contribution in [-0.4, -0.2) is 13.4 Å². The van der Waals surface area contributed by atoms with Crippen LogP contribution in [0.15, 0.2) is 64.3 Å². The molecule has 130 valence electrons. The van der Waals surface area contributed by atoms with E-state index in [2.05, 4.69) is 15.0 Å². The average Bonchev–Trinajstić information content (AvgIpc) is 3.09. The summed E-state index contributed by atoms with van der Waals surface area (Å²) in [6.45, 7) is 0. The van der Waals surface area contributed by atoms with Crippen LogP contribution in [0, 0.1) is 0 Å². The van der Waals surface area contributed by atoms with Crippen molar-refractivity contribution in [1.29, 1.82) is 0 Å². The molecule has 0 fully saturated rings. The fourth-order valence-corrected chi connectivity index (χ4v) is 4.03. The topological polar surface area (TPSA) is 97.1 Å². The summed E-state index contributed by atoms with van der Waals surface area (Å²) in [5.41, 5.74) is 9.08. The van der Waals surface area contributed by atoms with Crippen molar-refractivity contribution in [3.05, 3.63) is 70.0 Å². The van der Waals surface area contributed by atoms with Gasteiger partial charge in [0.1, 0.15) is 6.17 Å². The molecule has 0 saturated heterocycles. The van der Waals surface area contributed by atoms with Crippen LogP contribution in [0.25, 0.3) is 0 Å². The van der Waals surface area contributed by atoms with Gasteiger partial charge in [0.2, 0.25) is 0 Å². The minimum absolute atomic E-state index is 0.0457. The molecule has 3 rings (SSSR count). The standard InChI is InChI=1S/C16H15ClN4O2S2/c17-13-8-12(25(22,23)21-15-9-24-10-19-15)6-7-14(13)20-16(18)11-4-2-1-3-5-11/h1-10,16,20-21H,18H2/t16-/m1/s1. The second-order valence-electron chi connectivity index (χ2n) is 5.15. The van der Waals surface area contributed by atoms with Gasteiger partial charge in [-0.1, -0.05) is 41.9 Å². The van der Waals surface area contributed by atoms with Gasteiger partial charge in [-0.15, -0.1) is 11.3 Å². The van der Waals surface area contributed by atoms with E-state index >= 15 is 0 Å². The van der Waals surface area contributed by atoms with Crippen molar-refractivity contribution < 1.29 is 8.42 Å². The summed E-state index contributed by atoms with van der Waals surface area (Å²) in [5.74, 6) is 0.273. The maximum atomic E-state index is 12.4. The van der Waals surface area contributed by atoms with Crippen molar-refractivity contribution >= 4 is 44.5 Å². The van der Waals surface area contributed by atoms with Crippen molar-refractivity contribution in [1.82, 2.24) is 4.98 Å². The van der Waals surface area contributed by atoms with Gasteiger partial charge in [-0.05, 0) is 23.8 Å². The molecule has 0 radical (unpaired) electrons. The highest BCUT2D eigenvalue weighted by atomic mass is 35.5. The van der Waals surface area contributed by atoms with Crippen molar-refractivity contribution in [2.24, 2.45) is 5.73 Å².